The lowest BCUT2D eigenvalue weighted by molar-refractivity contribution is -0.107. The molecule has 37 heavy (non-hydrogen) atoms. The van der Waals surface area contributed by atoms with Gasteiger partial charge in [0.2, 0.25) is 22.2 Å². The third-order valence-corrected chi connectivity index (χ3v) is 6.14. The summed E-state index contributed by atoms with van der Waals surface area (Å²) in [7, 11) is 0. The van der Waals surface area contributed by atoms with Gasteiger partial charge in [-0.25, -0.2) is 0 Å². The van der Waals surface area contributed by atoms with E-state index in [-0.39, 0.29) is 10.3 Å². The molecule has 5 aromatic rings. The van der Waals surface area contributed by atoms with Crippen molar-refractivity contribution < 1.29 is 4.79 Å². The molecule has 0 amide bonds. The maximum atomic E-state index is 12.3. The Balaban J connectivity index is 1.74. The molecule has 7 heteroatoms. The lowest BCUT2D eigenvalue weighted by Crippen LogP contribution is -2.19. The number of aromatic nitrogens is 3. The minimum Gasteiger partial charge on any atom is -0.282 e. The Bertz CT molecular complexity index is 1300. The van der Waals surface area contributed by atoms with Crippen molar-refractivity contribution in [3.8, 4) is 0 Å². The smallest absolute Gasteiger partial charge is 0.240 e. The number of thioether (sulfide) groups is 1. The van der Waals surface area contributed by atoms with Crippen LogP contribution in [0.5, 0.6) is 0 Å². The number of benzene rings is 4. The van der Waals surface area contributed by atoms with Crippen LogP contribution in [0.3, 0.4) is 0 Å². The Morgan fingerprint density at radius 3 is 1.19 bits per heavy atom. The van der Waals surface area contributed by atoms with Crippen LogP contribution in [0.1, 0.15) is 0 Å². The average Bonchev–Trinajstić information content (AvgIpc) is 2.96. The monoisotopic (exact) mass is 501 g/mol. The Morgan fingerprint density at radius 2 is 0.892 bits per heavy atom. The minimum absolute atomic E-state index is 0.250. The van der Waals surface area contributed by atoms with Crippen LogP contribution in [0.2, 0.25) is 0 Å². The fourth-order valence-corrected chi connectivity index (χ4v) is 4.30. The van der Waals surface area contributed by atoms with Crippen molar-refractivity contribution in [1.82, 2.24) is 15.0 Å². The molecule has 1 aromatic heterocycles. The van der Waals surface area contributed by atoms with Gasteiger partial charge < -0.3 is 0 Å². The number of carbonyl (C=O) groups excluding carboxylic acids is 1. The standard InChI is InChI=1S/C30H23N5OS/c1-2-27(36)37-30-32-28(34(23-15-7-3-8-16-23)24-17-9-4-10-18-24)31-29(33-30)35(25-19-11-5-12-20-25)26-21-13-6-14-22-26/h2-22H,1H2. The average molecular weight is 502 g/mol. The van der Waals surface area contributed by atoms with Crippen LogP contribution in [0.25, 0.3) is 0 Å². The molecule has 0 fully saturated rings. The maximum Gasteiger partial charge on any atom is 0.240 e. The number of nitrogens with zero attached hydrogens (tertiary/aromatic N) is 5. The van der Waals surface area contributed by atoms with Gasteiger partial charge in [0.1, 0.15) is 0 Å². The van der Waals surface area contributed by atoms with Gasteiger partial charge in [-0.2, -0.15) is 15.0 Å². The highest BCUT2D eigenvalue weighted by Gasteiger charge is 2.23. The summed E-state index contributed by atoms with van der Waals surface area (Å²) in [5.41, 5.74) is 3.51. The molecule has 180 valence electrons. The van der Waals surface area contributed by atoms with E-state index < -0.39 is 0 Å². The zero-order valence-corrected chi connectivity index (χ0v) is 20.7. The first-order valence-corrected chi connectivity index (χ1v) is 12.5. The zero-order valence-electron chi connectivity index (χ0n) is 19.9. The van der Waals surface area contributed by atoms with Crippen LogP contribution in [0.15, 0.2) is 139 Å². The van der Waals surface area contributed by atoms with Crippen LogP contribution >= 0.6 is 11.8 Å². The third kappa shape index (κ3) is 5.58. The van der Waals surface area contributed by atoms with Crippen molar-refractivity contribution in [1.29, 1.82) is 0 Å². The molecule has 0 aliphatic carbocycles. The second kappa shape index (κ2) is 11.3. The van der Waals surface area contributed by atoms with Gasteiger partial charge in [-0.05, 0) is 66.4 Å². The Hall–Kier alpha value is -4.75. The molecular weight excluding hydrogens is 478 g/mol. The molecule has 0 radical (unpaired) electrons. The topological polar surface area (TPSA) is 62.2 Å². The van der Waals surface area contributed by atoms with Crippen LogP contribution in [0.4, 0.5) is 34.6 Å². The summed E-state index contributed by atoms with van der Waals surface area (Å²) < 4.78 is 0. The van der Waals surface area contributed by atoms with Gasteiger partial charge in [-0.1, -0.05) is 79.4 Å². The molecule has 1 heterocycles. The van der Waals surface area contributed by atoms with E-state index in [1.807, 2.05) is 131 Å². The molecule has 0 unspecified atom stereocenters. The summed E-state index contributed by atoms with van der Waals surface area (Å²) in [6.07, 6.45) is 1.26. The molecule has 4 aromatic carbocycles. The minimum atomic E-state index is -0.250. The molecule has 0 bridgehead atoms. The van der Waals surface area contributed by atoms with Crippen molar-refractivity contribution in [2.24, 2.45) is 0 Å². The van der Waals surface area contributed by atoms with E-state index in [9.17, 15) is 4.79 Å². The second-order valence-corrected chi connectivity index (χ2v) is 8.83. The number of hydrogen-bond donors (Lipinski definition) is 0. The highest BCUT2D eigenvalue weighted by molar-refractivity contribution is 8.13. The van der Waals surface area contributed by atoms with Gasteiger partial charge in [0, 0.05) is 22.7 Å². The summed E-state index contributed by atoms with van der Waals surface area (Å²) in [4.78, 5) is 30.6. The van der Waals surface area contributed by atoms with E-state index in [4.69, 9.17) is 15.0 Å². The van der Waals surface area contributed by atoms with Gasteiger partial charge >= 0.3 is 0 Å². The van der Waals surface area contributed by atoms with E-state index >= 15 is 0 Å². The normalized spacial score (nSPS) is 10.5. The first-order valence-electron chi connectivity index (χ1n) is 11.6. The molecule has 6 nitrogen and oxygen atoms in total. The second-order valence-electron chi connectivity index (χ2n) is 7.86. The number of anilines is 6. The van der Waals surface area contributed by atoms with Crippen molar-refractivity contribution >= 4 is 51.5 Å². The lowest BCUT2D eigenvalue weighted by Gasteiger charge is -2.27. The number of carbonyl (C=O) groups is 1. The Kier molecular flexibility index (Phi) is 7.34. The number of para-hydroxylation sites is 4. The summed E-state index contributed by atoms with van der Waals surface area (Å²) in [5.74, 6) is 0.775. The van der Waals surface area contributed by atoms with Gasteiger partial charge in [0.15, 0.2) is 0 Å². The first-order chi connectivity index (χ1) is 18.2. The van der Waals surface area contributed by atoms with Crippen molar-refractivity contribution in [3.63, 3.8) is 0 Å². The molecule has 0 aliphatic rings. The van der Waals surface area contributed by atoms with Crippen LogP contribution in [0, 0.1) is 0 Å². The molecule has 0 saturated carbocycles. The molecule has 0 atom stereocenters. The number of hydrogen-bond acceptors (Lipinski definition) is 7. The fourth-order valence-electron chi connectivity index (χ4n) is 3.78. The molecule has 0 saturated heterocycles. The number of rotatable bonds is 8. The molecule has 0 spiro atoms. The molecule has 0 aliphatic heterocycles. The van der Waals surface area contributed by atoms with Gasteiger partial charge in [-0.15, -0.1) is 0 Å². The Labute approximate surface area is 220 Å². The quantitative estimate of drug-likeness (QED) is 0.160. The van der Waals surface area contributed by atoms with E-state index in [2.05, 4.69) is 6.58 Å². The molecular formula is C30H23N5OS. The van der Waals surface area contributed by atoms with Crippen molar-refractivity contribution in [3.05, 3.63) is 134 Å². The van der Waals surface area contributed by atoms with Crippen molar-refractivity contribution in [2.75, 3.05) is 9.80 Å². The highest BCUT2D eigenvalue weighted by atomic mass is 32.2. The van der Waals surface area contributed by atoms with Gasteiger partial charge in [0.05, 0.1) is 0 Å². The summed E-state index contributed by atoms with van der Waals surface area (Å²) >= 11 is 0.915. The predicted octanol–water partition coefficient (Wildman–Crippen LogP) is 7.62. The molecule has 5 rings (SSSR count). The predicted molar refractivity (Wildman–Crippen MR) is 150 cm³/mol. The zero-order chi connectivity index (χ0) is 25.5. The largest absolute Gasteiger partial charge is 0.282 e. The van der Waals surface area contributed by atoms with Crippen LogP contribution in [-0.4, -0.2) is 20.1 Å². The van der Waals surface area contributed by atoms with E-state index in [0.29, 0.717) is 11.9 Å². The van der Waals surface area contributed by atoms with Crippen LogP contribution < -0.4 is 9.80 Å². The third-order valence-electron chi connectivity index (χ3n) is 5.41. The van der Waals surface area contributed by atoms with E-state index in [1.165, 1.54) is 6.08 Å². The van der Waals surface area contributed by atoms with Gasteiger partial charge in [-0.3, -0.25) is 14.6 Å². The summed E-state index contributed by atoms with van der Waals surface area (Å²) in [5, 5.41) is 0.0265. The summed E-state index contributed by atoms with van der Waals surface area (Å²) in [6.45, 7) is 3.60. The van der Waals surface area contributed by atoms with Gasteiger partial charge in [0.25, 0.3) is 0 Å². The first kappa shape index (κ1) is 24.0. The maximum absolute atomic E-state index is 12.3. The molecule has 0 N–H and O–H groups in total. The lowest BCUT2D eigenvalue weighted by atomic mass is 10.2. The van der Waals surface area contributed by atoms with E-state index in [0.717, 1.165) is 34.5 Å². The highest BCUT2D eigenvalue weighted by Crippen LogP contribution is 2.37. The summed E-state index contributed by atoms with van der Waals surface area (Å²) in [6, 6.07) is 39.5. The SMILES string of the molecule is C=CC(=O)Sc1nc(N(c2ccccc2)c2ccccc2)nc(N(c2ccccc2)c2ccccc2)n1. The van der Waals surface area contributed by atoms with Crippen LogP contribution in [-0.2, 0) is 4.79 Å². The fraction of sp³-hybridized carbons (Fsp3) is 0. The Morgan fingerprint density at radius 1 is 0.568 bits per heavy atom. The van der Waals surface area contributed by atoms with Crippen molar-refractivity contribution in [2.45, 2.75) is 5.16 Å². The van der Waals surface area contributed by atoms with E-state index in [1.54, 1.807) is 0 Å².